The summed E-state index contributed by atoms with van der Waals surface area (Å²) in [6, 6.07) is 9.35. The molecule has 1 atom stereocenters. The molecule has 2 aromatic rings. The number of rotatable bonds is 3. The molecule has 3 rings (SSSR count). The van der Waals surface area contributed by atoms with Crippen molar-refractivity contribution in [3.8, 4) is 11.5 Å². The Bertz CT molecular complexity index is 586. The van der Waals surface area contributed by atoms with Gasteiger partial charge in [0.1, 0.15) is 0 Å². The summed E-state index contributed by atoms with van der Waals surface area (Å²) in [4.78, 5) is 15.7. The van der Waals surface area contributed by atoms with Crippen LogP contribution in [0.15, 0.2) is 34.7 Å². The second kappa shape index (κ2) is 4.85. The summed E-state index contributed by atoms with van der Waals surface area (Å²) in [7, 11) is 0. The van der Waals surface area contributed by atoms with Gasteiger partial charge in [0.05, 0.1) is 5.69 Å². The van der Waals surface area contributed by atoms with Crippen molar-refractivity contribution in [2.75, 3.05) is 13.1 Å². The smallest absolute Gasteiger partial charge is 0.373 e. The first-order valence-corrected chi connectivity index (χ1v) is 6.26. The van der Waals surface area contributed by atoms with E-state index in [1.165, 1.54) is 0 Å². The van der Waals surface area contributed by atoms with Crippen LogP contribution in [0.2, 0.25) is 0 Å². The molecule has 19 heavy (non-hydrogen) atoms. The van der Waals surface area contributed by atoms with Gasteiger partial charge in [0, 0.05) is 18.0 Å². The summed E-state index contributed by atoms with van der Waals surface area (Å²) >= 11 is 0. The number of aromatic carboxylic acids is 1. The Kier molecular flexibility index (Phi) is 3.05. The first-order chi connectivity index (χ1) is 9.25. The molecule has 0 radical (unpaired) electrons. The number of carboxylic acid groups (broad SMARTS) is 1. The van der Waals surface area contributed by atoms with Gasteiger partial charge in [-0.3, -0.25) is 0 Å². The number of hydrogen-bond acceptors (Lipinski definition) is 4. The molecule has 1 aromatic carbocycles. The van der Waals surface area contributed by atoms with Crippen LogP contribution in [-0.4, -0.2) is 29.1 Å². The van der Waals surface area contributed by atoms with Gasteiger partial charge < -0.3 is 14.8 Å². The number of carboxylic acids is 1. The highest BCUT2D eigenvalue weighted by atomic mass is 16.4. The van der Waals surface area contributed by atoms with E-state index in [1.807, 2.05) is 30.3 Å². The van der Waals surface area contributed by atoms with E-state index >= 15 is 0 Å². The van der Waals surface area contributed by atoms with E-state index in [2.05, 4.69) is 10.3 Å². The molecule has 0 amide bonds. The van der Waals surface area contributed by atoms with E-state index in [0.29, 0.717) is 11.6 Å². The third-order valence-electron chi connectivity index (χ3n) is 3.32. The molecule has 5 heteroatoms. The lowest BCUT2D eigenvalue weighted by Gasteiger charge is -2.03. The van der Waals surface area contributed by atoms with Crippen molar-refractivity contribution < 1.29 is 14.3 Å². The van der Waals surface area contributed by atoms with Crippen LogP contribution >= 0.6 is 0 Å². The monoisotopic (exact) mass is 258 g/mol. The highest BCUT2D eigenvalue weighted by Crippen LogP contribution is 2.29. The zero-order valence-corrected chi connectivity index (χ0v) is 10.3. The van der Waals surface area contributed by atoms with Crippen LogP contribution in [-0.2, 0) is 0 Å². The summed E-state index contributed by atoms with van der Waals surface area (Å²) < 4.78 is 5.44. The van der Waals surface area contributed by atoms with Crippen LogP contribution in [0.4, 0.5) is 0 Å². The van der Waals surface area contributed by atoms with E-state index in [-0.39, 0.29) is 11.7 Å². The fourth-order valence-electron chi connectivity index (χ4n) is 2.35. The molecular weight excluding hydrogens is 244 g/mol. The molecule has 98 valence electrons. The van der Waals surface area contributed by atoms with Gasteiger partial charge in [0.15, 0.2) is 0 Å². The maximum Gasteiger partial charge on any atom is 0.373 e. The topological polar surface area (TPSA) is 75.4 Å². The molecule has 1 saturated heterocycles. The van der Waals surface area contributed by atoms with Crippen LogP contribution in [0.25, 0.3) is 11.5 Å². The SMILES string of the molecule is O=C(O)c1oc(-c2ccccc2)nc1C1CCNC1. The number of benzene rings is 1. The zero-order valence-electron chi connectivity index (χ0n) is 10.3. The molecule has 5 nitrogen and oxygen atoms in total. The third-order valence-corrected chi connectivity index (χ3v) is 3.32. The van der Waals surface area contributed by atoms with Crippen molar-refractivity contribution >= 4 is 5.97 Å². The van der Waals surface area contributed by atoms with Gasteiger partial charge in [-0.2, -0.15) is 0 Å². The van der Waals surface area contributed by atoms with Gasteiger partial charge in [-0.05, 0) is 25.1 Å². The van der Waals surface area contributed by atoms with E-state index in [1.54, 1.807) is 0 Å². The molecule has 1 aliphatic rings. The van der Waals surface area contributed by atoms with Gasteiger partial charge in [0.25, 0.3) is 0 Å². The molecule has 2 N–H and O–H groups in total. The minimum Gasteiger partial charge on any atom is -0.475 e. The van der Waals surface area contributed by atoms with Gasteiger partial charge >= 0.3 is 5.97 Å². The van der Waals surface area contributed by atoms with Crippen LogP contribution in [0.5, 0.6) is 0 Å². The number of aromatic nitrogens is 1. The van der Waals surface area contributed by atoms with Crippen LogP contribution < -0.4 is 5.32 Å². The first kappa shape index (κ1) is 11.9. The van der Waals surface area contributed by atoms with Gasteiger partial charge in [-0.25, -0.2) is 9.78 Å². The standard InChI is InChI=1S/C14H14N2O3/c17-14(18)12-11(10-6-7-15-8-10)16-13(19-12)9-4-2-1-3-5-9/h1-5,10,15H,6-8H2,(H,17,18). The minimum atomic E-state index is -1.06. The van der Waals surface area contributed by atoms with E-state index in [4.69, 9.17) is 4.42 Å². The van der Waals surface area contributed by atoms with Crippen molar-refractivity contribution in [3.05, 3.63) is 41.8 Å². The summed E-state index contributed by atoms with van der Waals surface area (Å²) in [6.07, 6.45) is 0.890. The summed E-state index contributed by atoms with van der Waals surface area (Å²) in [5.74, 6) is -0.601. The molecule has 1 aromatic heterocycles. The number of oxazole rings is 1. The summed E-state index contributed by atoms with van der Waals surface area (Å²) in [5.41, 5.74) is 1.35. The summed E-state index contributed by atoms with van der Waals surface area (Å²) in [6.45, 7) is 1.64. The molecular formula is C14H14N2O3. The maximum absolute atomic E-state index is 11.3. The Morgan fingerprint density at radius 3 is 2.79 bits per heavy atom. The van der Waals surface area contributed by atoms with E-state index in [9.17, 15) is 9.90 Å². The molecule has 1 aliphatic heterocycles. The van der Waals surface area contributed by atoms with Crippen LogP contribution in [0.1, 0.15) is 28.6 Å². The van der Waals surface area contributed by atoms with Gasteiger partial charge in [-0.15, -0.1) is 0 Å². The van der Waals surface area contributed by atoms with E-state index < -0.39 is 5.97 Å². The Balaban J connectivity index is 2.04. The van der Waals surface area contributed by atoms with Crippen LogP contribution in [0, 0.1) is 0 Å². The third kappa shape index (κ3) is 2.24. The maximum atomic E-state index is 11.3. The molecule has 1 fully saturated rings. The van der Waals surface area contributed by atoms with Crippen molar-refractivity contribution in [3.63, 3.8) is 0 Å². The van der Waals surface area contributed by atoms with Crippen molar-refractivity contribution in [1.82, 2.24) is 10.3 Å². The molecule has 0 spiro atoms. The van der Waals surface area contributed by atoms with Gasteiger partial charge in [0.2, 0.25) is 11.7 Å². The summed E-state index contributed by atoms with van der Waals surface area (Å²) in [5, 5.41) is 12.4. The number of carbonyl (C=O) groups is 1. The number of nitrogens with one attached hydrogen (secondary N) is 1. The predicted octanol–water partition coefficient (Wildman–Crippen LogP) is 2.12. The Hall–Kier alpha value is -2.14. The Labute approximate surface area is 110 Å². The van der Waals surface area contributed by atoms with Crippen molar-refractivity contribution in [1.29, 1.82) is 0 Å². The second-order valence-corrected chi connectivity index (χ2v) is 4.59. The molecule has 0 bridgehead atoms. The molecule has 1 unspecified atom stereocenters. The van der Waals surface area contributed by atoms with Crippen molar-refractivity contribution in [2.45, 2.75) is 12.3 Å². The predicted molar refractivity (Wildman–Crippen MR) is 69.1 cm³/mol. The second-order valence-electron chi connectivity index (χ2n) is 4.59. The number of nitrogens with zero attached hydrogens (tertiary/aromatic N) is 1. The lowest BCUT2D eigenvalue weighted by molar-refractivity contribution is 0.0661. The fourth-order valence-corrected chi connectivity index (χ4v) is 2.35. The normalized spacial score (nSPS) is 18.6. The lowest BCUT2D eigenvalue weighted by atomic mass is 10.0. The lowest BCUT2D eigenvalue weighted by Crippen LogP contribution is -2.10. The molecule has 2 heterocycles. The molecule has 0 aliphatic carbocycles. The Morgan fingerprint density at radius 2 is 2.16 bits per heavy atom. The largest absolute Gasteiger partial charge is 0.475 e. The molecule has 0 saturated carbocycles. The average Bonchev–Trinajstić information content (AvgIpc) is 3.08. The highest BCUT2D eigenvalue weighted by Gasteiger charge is 2.28. The zero-order chi connectivity index (χ0) is 13.2. The Morgan fingerprint density at radius 1 is 1.37 bits per heavy atom. The van der Waals surface area contributed by atoms with Crippen molar-refractivity contribution in [2.24, 2.45) is 0 Å². The minimum absolute atomic E-state index is 0.0347. The quantitative estimate of drug-likeness (QED) is 0.882. The van der Waals surface area contributed by atoms with E-state index in [0.717, 1.165) is 25.1 Å². The highest BCUT2D eigenvalue weighted by molar-refractivity contribution is 5.86. The first-order valence-electron chi connectivity index (χ1n) is 6.26. The fraction of sp³-hybridized carbons (Fsp3) is 0.286. The number of hydrogen-bond donors (Lipinski definition) is 2. The average molecular weight is 258 g/mol. The van der Waals surface area contributed by atoms with Crippen LogP contribution in [0.3, 0.4) is 0 Å². The van der Waals surface area contributed by atoms with Gasteiger partial charge in [-0.1, -0.05) is 18.2 Å².